The van der Waals surface area contributed by atoms with Gasteiger partial charge in [0.05, 0.1) is 7.11 Å². The van der Waals surface area contributed by atoms with E-state index < -0.39 is 0 Å². The zero-order valence-corrected chi connectivity index (χ0v) is 12.0. The first-order valence-electron chi connectivity index (χ1n) is 7.30. The van der Waals surface area contributed by atoms with E-state index in [1.165, 1.54) is 32.1 Å². The Labute approximate surface area is 116 Å². The van der Waals surface area contributed by atoms with Gasteiger partial charge in [0.2, 0.25) is 0 Å². The Morgan fingerprint density at radius 3 is 2.68 bits per heavy atom. The molecule has 0 amide bonds. The Kier molecular flexibility index (Phi) is 5.08. The lowest BCUT2D eigenvalue weighted by Gasteiger charge is -2.28. The van der Waals surface area contributed by atoms with E-state index in [9.17, 15) is 5.11 Å². The van der Waals surface area contributed by atoms with Crippen molar-refractivity contribution >= 4 is 0 Å². The summed E-state index contributed by atoms with van der Waals surface area (Å²) in [4.78, 5) is 0. The highest BCUT2D eigenvalue weighted by atomic mass is 16.5. The van der Waals surface area contributed by atoms with E-state index in [0.717, 1.165) is 18.0 Å². The molecule has 0 saturated heterocycles. The van der Waals surface area contributed by atoms with Crippen molar-refractivity contribution in [1.82, 2.24) is 5.32 Å². The van der Waals surface area contributed by atoms with Crippen molar-refractivity contribution in [3.63, 3.8) is 0 Å². The monoisotopic (exact) mass is 263 g/mol. The number of ether oxygens (including phenoxy) is 1. The van der Waals surface area contributed by atoms with Gasteiger partial charge in [-0.3, -0.25) is 0 Å². The summed E-state index contributed by atoms with van der Waals surface area (Å²) < 4.78 is 5.05. The first-order chi connectivity index (χ1) is 9.20. The third kappa shape index (κ3) is 3.87. The van der Waals surface area contributed by atoms with Crippen molar-refractivity contribution in [2.45, 2.75) is 51.6 Å². The summed E-state index contributed by atoms with van der Waals surface area (Å²) in [6, 6.07) is 6.14. The summed E-state index contributed by atoms with van der Waals surface area (Å²) >= 11 is 0. The van der Waals surface area contributed by atoms with Gasteiger partial charge in [0.25, 0.3) is 0 Å². The Morgan fingerprint density at radius 2 is 2.05 bits per heavy atom. The number of hydrogen-bond acceptors (Lipinski definition) is 3. The average molecular weight is 263 g/mol. The molecule has 1 aromatic rings. The van der Waals surface area contributed by atoms with Gasteiger partial charge in [-0.1, -0.05) is 25.3 Å². The van der Waals surface area contributed by atoms with Crippen LogP contribution in [0.2, 0.25) is 0 Å². The van der Waals surface area contributed by atoms with Crippen LogP contribution < -0.4 is 10.1 Å². The summed E-state index contributed by atoms with van der Waals surface area (Å²) in [5.41, 5.74) is 1.10. The molecule has 3 heteroatoms. The van der Waals surface area contributed by atoms with Crippen LogP contribution in [-0.2, 0) is 6.54 Å². The minimum Gasteiger partial charge on any atom is -0.504 e. The minimum atomic E-state index is 0.215. The highest BCUT2D eigenvalue weighted by molar-refractivity contribution is 5.41. The number of phenols is 1. The molecule has 2 rings (SSSR count). The molecule has 0 bridgehead atoms. The number of benzene rings is 1. The van der Waals surface area contributed by atoms with E-state index in [2.05, 4.69) is 12.2 Å². The number of rotatable bonds is 5. The smallest absolute Gasteiger partial charge is 0.160 e. The molecule has 1 saturated carbocycles. The Balaban J connectivity index is 1.85. The SMILES string of the molecule is COc1ccc(CNC(C)C2CCCCC2)cc1O. The van der Waals surface area contributed by atoms with Gasteiger partial charge >= 0.3 is 0 Å². The molecule has 3 nitrogen and oxygen atoms in total. The van der Waals surface area contributed by atoms with Crippen molar-refractivity contribution in [3.8, 4) is 11.5 Å². The van der Waals surface area contributed by atoms with E-state index in [0.29, 0.717) is 11.8 Å². The maximum absolute atomic E-state index is 9.75. The summed E-state index contributed by atoms with van der Waals surface area (Å²) in [6.07, 6.45) is 6.85. The minimum absolute atomic E-state index is 0.215. The molecule has 0 heterocycles. The van der Waals surface area contributed by atoms with Gasteiger partial charge in [-0.25, -0.2) is 0 Å². The van der Waals surface area contributed by atoms with E-state index in [-0.39, 0.29) is 5.75 Å². The highest BCUT2D eigenvalue weighted by Crippen LogP contribution is 2.28. The Hall–Kier alpha value is -1.22. The van der Waals surface area contributed by atoms with Gasteiger partial charge in [0.15, 0.2) is 11.5 Å². The van der Waals surface area contributed by atoms with Crippen molar-refractivity contribution in [1.29, 1.82) is 0 Å². The van der Waals surface area contributed by atoms with E-state index in [1.54, 1.807) is 13.2 Å². The van der Waals surface area contributed by atoms with E-state index in [1.807, 2.05) is 12.1 Å². The van der Waals surface area contributed by atoms with Crippen molar-refractivity contribution < 1.29 is 9.84 Å². The number of phenolic OH excluding ortho intramolecular Hbond substituents is 1. The molecular formula is C16H25NO2. The predicted octanol–water partition coefficient (Wildman–Crippen LogP) is 3.46. The standard InChI is InChI=1S/C16H25NO2/c1-12(14-6-4-3-5-7-14)17-11-13-8-9-16(19-2)15(18)10-13/h8-10,12,14,17-18H,3-7,11H2,1-2H3. The maximum atomic E-state index is 9.75. The van der Waals surface area contributed by atoms with Gasteiger partial charge in [-0.15, -0.1) is 0 Å². The van der Waals surface area contributed by atoms with Crippen molar-refractivity contribution in [2.75, 3.05) is 7.11 Å². The lowest BCUT2D eigenvalue weighted by Crippen LogP contribution is -2.34. The molecular weight excluding hydrogens is 238 g/mol. The summed E-state index contributed by atoms with van der Waals surface area (Å²) in [6.45, 7) is 3.08. The number of nitrogens with one attached hydrogen (secondary N) is 1. The van der Waals surface area contributed by atoms with Crippen molar-refractivity contribution in [3.05, 3.63) is 23.8 Å². The molecule has 0 radical (unpaired) electrons. The molecule has 2 N–H and O–H groups in total. The van der Waals surface area contributed by atoms with Crippen LogP contribution in [-0.4, -0.2) is 18.3 Å². The Morgan fingerprint density at radius 1 is 1.32 bits per heavy atom. The molecule has 106 valence electrons. The zero-order chi connectivity index (χ0) is 13.7. The van der Waals surface area contributed by atoms with Gasteiger partial charge < -0.3 is 15.2 Å². The predicted molar refractivity (Wildman–Crippen MR) is 77.5 cm³/mol. The van der Waals surface area contributed by atoms with Gasteiger partial charge in [0.1, 0.15) is 0 Å². The second kappa shape index (κ2) is 6.80. The van der Waals surface area contributed by atoms with Crippen LogP contribution in [0, 0.1) is 5.92 Å². The molecule has 1 fully saturated rings. The van der Waals surface area contributed by atoms with Crippen molar-refractivity contribution in [2.24, 2.45) is 5.92 Å². The van der Waals surface area contributed by atoms with Gasteiger partial charge in [-0.2, -0.15) is 0 Å². The number of hydrogen-bond donors (Lipinski definition) is 2. The van der Waals surface area contributed by atoms with Crippen LogP contribution in [0.1, 0.15) is 44.6 Å². The fraction of sp³-hybridized carbons (Fsp3) is 0.625. The molecule has 19 heavy (non-hydrogen) atoms. The van der Waals surface area contributed by atoms with Crippen LogP contribution in [0.25, 0.3) is 0 Å². The normalized spacial score (nSPS) is 18.2. The van der Waals surface area contributed by atoms with Crippen LogP contribution in [0.4, 0.5) is 0 Å². The summed E-state index contributed by atoms with van der Waals surface area (Å²) in [7, 11) is 1.57. The first-order valence-corrected chi connectivity index (χ1v) is 7.30. The highest BCUT2D eigenvalue weighted by Gasteiger charge is 2.19. The van der Waals surface area contributed by atoms with Gasteiger partial charge in [-0.05, 0) is 43.4 Å². The molecule has 0 aromatic heterocycles. The topological polar surface area (TPSA) is 41.5 Å². The van der Waals surface area contributed by atoms with Crippen LogP contribution in [0.5, 0.6) is 11.5 Å². The average Bonchev–Trinajstić information content (AvgIpc) is 2.46. The molecule has 1 aromatic carbocycles. The van der Waals surface area contributed by atoms with Crippen LogP contribution in [0.15, 0.2) is 18.2 Å². The fourth-order valence-corrected chi connectivity index (χ4v) is 2.93. The molecule has 0 spiro atoms. The number of methoxy groups -OCH3 is 1. The first kappa shape index (κ1) is 14.2. The third-order valence-electron chi connectivity index (χ3n) is 4.23. The molecule has 0 aliphatic heterocycles. The third-order valence-corrected chi connectivity index (χ3v) is 4.23. The van der Waals surface area contributed by atoms with E-state index >= 15 is 0 Å². The molecule has 1 atom stereocenters. The van der Waals surface area contributed by atoms with Crippen LogP contribution in [0.3, 0.4) is 0 Å². The zero-order valence-electron chi connectivity index (χ0n) is 12.0. The largest absolute Gasteiger partial charge is 0.504 e. The molecule has 1 unspecified atom stereocenters. The fourth-order valence-electron chi connectivity index (χ4n) is 2.93. The molecule has 1 aliphatic carbocycles. The number of aromatic hydroxyl groups is 1. The van der Waals surface area contributed by atoms with Crippen LogP contribution >= 0.6 is 0 Å². The maximum Gasteiger partial charge on any atom is 0.160 e. The lowest BCUT2D eigenvalue weighted by molar-refractivity contribution is 0.280. The summed E-state index contributed by atoms with van der Waals surface area (Å²) in [5.74, 6) is 1.55. The second-order valence-corrected chi connectivity index (χ2v) is 5.57. The lowest BCUT2D eigenvalue weighted by atomic mass is 9.84. The van der Waals surface area contributed by atoms with Gasteiger partial charge in [0, 0.05) is 12.6 Å². The summed E-state index contributed by atoms with van der Waals surface area (Å²) in [5, 5.41) is 13.3. The second-order valence-electron chi connectivity index (χ2n) is 5.57. The molecule has 1 aliphatic rings. The van der Waals surface area contributed by atoms with E-state index in [4.69, 9.17) is 4.74 Å². The quantitative estimate of drug-likeness (QED) is 0.855. The Bertz CT molecular complexity index is 400.